The molecule has 4 rings (SSSR count). The summed E-state index contributed by atoms with van der Waals surface area (Å²) in [7, 11) is 4.86. The third kappa shape index (κ3) is 5.08. The number of urea groups is 1. The van der Waals surface area contributed by atoms with E-state index in [1.807, 2.05) is 25.2 Å². The van der Waals surface area contributed by atoms with Crippen LogP contribution in [0.25, 0.3) is 0 Å². The molecule has 0 aromatic heterocycles. The van der Waals surface area contributed by atoms with Crippen molar-refractivity contribution in [1.29, 1.82) is 0 Å². The Kier molecular flexibility index (Phi) is 7.91. The van der Waals surface area contributed by atoms with E-state index in [-0.39, 0.29) is 12.5 Å². The molecule has 3 amide bonds. The molecule has 1 spiro atoms. The molecule has 0 bridgehead atoms. The Hall–Kier alpha value is -3.43. The lowest BCUT2D eigenvalue weighted by Crippen LogP contribution is -2.57. The number of para-hydroxylation sites is 1. The van der Waals surface area contributed by atoms with Gasteiger partial charge in [-0.15, -0.1) is 0 Å². The van der Waals surface area contributed by atoms with Crippen LogP contribution >= 0.6 is 0 Å². The molecule has 0 radical (unpaired) electrons. The largest absolute Gasteiger partial charge is 0.468 e. The number of carbonyl (C=O) groups is 3. The Bertz CT molecular complexity index is 1070. The fraction of sp³-hybridized carbons (Fsp3) is 0.444. The third-order valence-corrected chi connectivity index (χ3v) is 7.21. The summed E-state index contributed by atoms with van der Waals surface area (Å²) in [4.78, 5) is 45.3. The first kappa shape index (κ1) is 25.7. The Labute approximate surface area is 212 Å². The topological polar surface area (TPSA) is 82.6 Å². The highest BCUT2D eigenvalue weighted by molar-refractivity contribution is 6.08. The fourth-order valence-electron chi connectivity index (χ4n) is 5.06. The molecule has 2 aromatic rings. The van der Waals surface area contributed by atoms with Crippen molar-refractivity contribution >= 4 is 29.3 Å². The smallest absolute Gasteiger partial charge is 0.328 e. The SMILES string of the molecule is COCCN1C(=O)N(CC(=O)OC)C(=O)C12CCN(Cc1ccc(N(C)c3ccccc3)cc1)CC2. The maximum Gasteiger partial charge on any atom is 0.328 e. The highest BCUT2D eigenvalue weighted by Crippen LogP contribution is 2.37. The van der Waals surface area contributed by atoms with Gasteiger partial charge in [0.05, 0.1) is 13.7 Å². The van der Waals surface area contributed by atoms with Gasteiger partial charge in [-0.2, -0.15) is 0 Å². The van der Waals surface area contributed by atoms with E-state index < -0.39 is 17.5 Å². The van der Waals surface area contributed by atoms with Gasteiger partial charge in [0.15, 0.2) is 0 Å². The van der Waals surface area contributed by atoms with Crippen LogP contribution in [0.1, 0.15) is 18.4 Å². The van der Waals surface area contributed by atoms with Crippen LogP contribution in [0.2, 0.25) is 0 Å². The summed E-state index contributed by atoms with van der Waals surface area (Å²) in [5, 5.41) is 0. The molecule has 2 heterocycles. The fourth-order valence-corrected chi connectivity index (χ4v) is 5.06. The van der Waals surface area contributed by atoms with E-state index in [0.29, 0.717) is 39.1 Å². The standard InChI is InChI=1S/C27H34N4O5/c1-28(22-7-5-4-6-8-22)23-11-9-21(10-12-23)19-29-15-13-27(14-16-29)25(33)30(20-24(32)36-3)26(34)31(27)17-18-35-2/h4-12H,13-20H2,1-3H3. The average Bonchev–Trinajstić information content (AvgIpc) is 3.10. The van der Waals surface area contributed by atoms with E-state index in [4.69, 9.17) is 9.47 Å². The lowest BCUT2D eigenvalue weighted by molar-refractivity contribution is -0.146. The van der Waals surface area contributed by atoms with Gasteiger partial charge in [0.2, 0.25) is 0 Å². The van der Waals surface area contributed by atoms with Crippen LogP contribution in [0.3, 0.4) is 0 Å². The number of esters is 1. The summed E-state index contributed by atoms with van der Waals surface area (Å²) in [6, 6.07) is 18.3. The Balaban J connectivity index is 1.41. The number of hydrogen-bond acceptors (Lipinski definition) is 7. The van der Waals surface area contributed by atoms with Gasteiger partial charge in [-0.05, 0) is 42.7 Å². The molecule has 0 unspecified atom stereocenters. The summed E-state index contributed by atoms with van der Waals surface area (Å²) in [6.45, 7) is 2.35. The molecule has 2 saturated heterocycles. The number of ether oxygens (including phenoxy) is 2. The molecule has 9 nitrogen and oxygen atoms in total. The maximum atomic E-state index is 13.4. The van der Waals surface area contributed by atoms with Crippen molar-refractivity contribution in [2.75, 3.05) is 59.0 Å². The van der Waals surface area contributed by atoms with Gasteiger partial charge in [-0.1, -0.05) is 30.3 Å². The summed E-state index contributed by atoms with van der Waals surface area (Å²) < 4.78 is 9.88. The molecule has 0 atom stereocenters. The highest BCUT2D eigenvalue weighted by atomic mass is 16.5. The monoisotopic (exact) mass is 494 g/mol. The number of anilines is 2. The second-order valence-electron chi connectivity index (χ2n) is 9.26. The molecule has 2 aromatic carbocycles. The van der Waals surface area contributed by atoms with Gasteiger partial charge in [0, 0.05) is 51.7 Å². The zero-order valence-electron chi connectivity index (χ0n) is 21.2. The zero-order chi connectivity index (χ0) is 25.7. The van der Waals surface area contributed by atoms with Crippen LogP contribution in [-0.2, 0) is 25.6 Å². The summed E-state index contributed by atoms with van der Waals surface area (Å²) in [6.07, 6.45) is 1.02. The van der Waals surface area contributed by atoms with Crippen molar-refractivity contribution < 1.29 is 23.9 Å². The molecule has 2 fully saturated rings. The van der Waals surface area contributed by atoms with E-state index in [2.05, 4.69) is 46.2 Å². The normalized spacial score (nSPS) is 17.6. The second kappa shape index (κ2) is 11.1. The van der Waals surface area contributed by atoms with E-state index in [1.165, 1.54) is 12.7 Å². The van der Waals surface area contributed by atoms with E-state index in [1.54, 1.807) is 12.0 Å². The number of piperidine rings is 1. The molecule has 0 aliphatic carbocycles. The molecular weight excluding hydrogens is 460 g/mol. The summed E-state index contributed by atoms with van der Waals surface area (Å²) in [5.74, 6) is -0.929. The van der Waals surface area contributed by atoms with Gasteiger partial charge in [-0.3, -0.25) is 19.4 Å². The molecule has 0 saturated carbocycles. The quantitative estimate of drug-likeness (QED) is 0.392. The van der Waals surface area contributed by atoms with Crippen LogP contribution in [0.4, 0.5) is 16.2 Å². The Morgan fingerprint density at radius 3 is 2.22 bits per heavy atom. The maximum absolute atomic E-state index is 13.4. The van der Waals surface area contributed by atoms with Crippen molar-refractivity contribution in [3.8, 4) is 0 Å². The van der Waals surface area contributed by atoms with E-state index in [0.717, 1.165) is 22.8 Å². The van der Waals surface area contributed by atoms with Crippen molar-refractivity contribution in [3.63, 3.8) is 0 Å². The lowest BCUT2D eigenvalue weighted by Gasteiger charge is -2.42. The Morgan fingerprint density at radius 1 is 0.972 bits per heavy atom. The first-order valence-electron chi connectivity index (χ1n) is 12.2. The summed E-state index contributed by atoms with van der Waals surface area (Å²) in [5.41, 5.74) is 2.48. The molecule has 36 heavy (non-hydrogen) atoms. The van der Waals surface area contributed by atoms with E-state index in [9.17, 15) is 14.4 Å². The minimum absolute atomic E-state index is 0.301. The van der Waals surface area contributed by atoms with Gasteiger partial charge in [0.25, 0.3) is 5.91 Å². The van der Waals surface area contributed by atoms with Crippen molar-refractivity contribution in [1.82, 2.24) is 14.7 Å². The Morgan fingerprint density at radius 2 is 1.61 bits per heavy atom. The minimum atomic E-state index is -0.942. The number of hydrogen-bond donors (Lipinski definition) is 0. The van der Waals surface area contributed by atoms with Crippen molar-refractivity contribution in [2.45, 2.75) is 24.9 Å². The van der Waals surface area contributed by atoms with Gasteiger partial charge >= 0.3 is 12.0 Å². The first-order valence-corrected chi connectivity index (χ1v) is 12.2. The van der Waals surface area contributed by atoms with Crippen LogP contribution in [-0.4, -0.2) is 92.2 Å². The highest BCUT2D eigenvalue weighted by Gasteiger charge is 2.58. The molecule has 9 heteroatoms. The predicted molar refractivity (Wildman–Crippen MR) is 136 cm³/mol. The lowest BCUT2D eigenvalue weighted by atomic mass is 9.85. The predicted octanol–water partition coefficient (Wildman–Crippen LogP) is 2.87. The van der Waals surface area contributed by atoms with Crippen LogP contribution < -0.4 is 4.90 Å². The third-order valence-electron chi connectivity index (χ3n) is 7.21. The number of likely N-dealkylation sites (tertiary alicyclic amines) is 1. The number of rotatable bonds is 9. The first-order chi connectivity index (χ1) is 17.4. The number of methoxy groups -OCH3 is 2. The second-order valence-corrected chi connectivity index (χ2v) is 9.26. The number of imide groups is 1. The molecule has 2 aliphatic rings. The average molecular weight is 495 g/mol. The van der Waals surface area contributed by atoms with Crippen LogP contribution in [0, 0.1) is 0 Å². The van der Waals surface area contributed by atoms with E-state index >= 15 is 0 Å². The van der Waals surface area contributed by atoms with Crippen molar-refractivity contribution in [2.24, 2.45) is 0 Å². The van der Waals surface area contributed by atoms with Gasteiger partial charge in [0.1, 0.15) is 12.1 Å². The number of benzene rings is 2. The van der Waals surface area contributed by atoms with Crippen molar-refractivity contribution in [3.05, 3.63) is 60.2 Å². The number of nitrogens with zero attached hydrogens (tertiary/aromatic N) is 4. The van der Waals surface area contributed by atoms with Gasteiger partial charge in [-0.25, -0.2) is 4.79 Å². The van der Waals surface area contributed by atoms with Crippen LogP contribution in [0.15, 0.2) is 54.6 Å². The molecule has 0 N–H and O–H groups in total. The zero-order valence-corrected chi connectivity index (χ0v) is 21.2. The molecule has 2 aliphatic heterocycles. The summed E-state index contributed by atoms with van der Waals surface area (Å²) >= 11 is 0. The minimum Gasteiger partial charge on any atom is -0.468 e. The number of carbonyl (C=O) groups excluding carboxylic acids is 3. The van der Waals surface area contributed by atoms with Crippen LogP contribution in [0.5, 0.6) is 0 Å². The number of amides is 3. The molecule has 192 valence electrons. The van der Waals surface area contributed by atoms with Gasteiger partial charge < -0.3 is 19.3 Å². The molecular formula is C27H34N4O5.